The van der Waals surface area contributed by atoms with Crippen molar-refractivity contribution in [2.45, 2.75) is 31.7 Å². The van der Waals surface area contributed by atoms with E-state index in [0.717, 1.165) is 12.8 Å². The van der Waals surface area contributed by atoms with Gasteiger partial charge in [0.1, 0.15) is 0 Å². The summed E-state index contributed by atoms with van der Waals surface area (Å²) >= 11 is 0. The summed E-state index contributed by atoms with van der Waals surface area (Å²) in [5.74, 6) is -1.18. The third kappa shape index (κ3) is 6.01. The fourth-order valence-electron chi connectivity index (χ4n) is 2.75. The lowest BCUT2D eigenvalue weighted by atomic mass is 10.2. The highest BCUT2D eigenvalue weighted by Gasteiger charge is 2.31. The highest BCUT2D eigenvalue weighted by Crippen LogP contribution is 2.18. The fraction of sp³-hybridized carbons (Fsp3) is 0.706. The molecule has 2 fully saturated rings. The summed E-state index contributed by atoms with van der Waals surface area (Å²) in [6.07, 6.45) is 2.33. The number of piperazine rings is 1. The van der Waals surface area contributed by atoms with Gasteiger partial charge in [-0.25, -0.2) is 0 Å². The molecule has 2 rings (SSSR count). The minimum atomic E-state index is -0.545. The summed E-state index contributed by atoms with van der Waals surface area (Å²) < 4.78 is 0. The van der Waals surface area contributed by atoms with Gasteiger partial charge < -0.3 is 15.1 Å². The molecule has 0 unspecified atom stereocenters. The van der Waals surface area contributed by atoms with Gasteiger partial charge in [-0.1, -0.05) is 0 Å². The van der Waals surface area contributed by atoms with Crippen LogP contribution in [0.15, 0.2) is 0 Å². The fourth-order valence-corrected chi connectivity index (χ4v) is 2.75. The highest BCUT2D eigenvalue weighted by atomic mass is 16.2. The maximum Gasteiger partial charge on any atom is 0.311 e. The average Bonchev–Trinajstić information content (AvgIpc) is 3.45. The Morgan fingerprint density at radius 1 is 1.00 bits per heavy atom. The predicted molar refractivity (Wildman–Crippen MR) is 91.2 cm³/mol. The van der Waals surface area contributed by atoms with E-state index in [1.807, 2.05) is 17.0 Å². The summed E-state index contributed by atoms with van der Waals surface area (Å²) in [7, 11) is 0. The lowest BCUT2D eigenvalue weighted by Crippen LogP contribution is -2.54. The molecule has 1 saturated heterocycles. The van der Waals surface area contributed by atoms with Crippen LogP contribution in [0.4, 0.5) is 0 Å². The molecule has 1 aliphatic heterocycles. The lowest BCUT2D eigenvalue weighted by Gasteiger charge is -2.35. The van der Waals surface area contributed by atoms with E-state index in [1.165, 1.54) is 9.80 Å². The van der Waals surface area contributed by atoms with Crippen molar-refractivity contribution in [3.05, 3.63) is 0 Å². The molecule has 0 aromatic rings. The number of amides is 3. The average molecular weight is 360 g/mol. The number of rotatable bonds is 7. The molecule has 1 saturated carbocycles. The van der Waals surface area contributed by atoms with Gasteiger partial charge in [0.15, 0.2) is 0 Å². The normalized spacial score (nSPS) is 17.1. The number of hydrogen-bond donors (Lipinski definition) is 1. The number of nitriles is 2. The molecule has 1 aliphatic carbocycles. The van der Waals surface area contributed by atoms with E-state index < -0.39 is 11.8 Å². The van der Waals surface area contributed by atoms with Gasteiger partial charge in [0, 0.05) is 45.3 Å². The monoisotopic (exact) mass is 360 g/mol. The summed E-state index contributed by atoms with van der Waals surface area (Å²) in [5, 5.41) is 20.1. The molecule has 1 heterocycles. The molecule has 0 bridgehead atoms. The van der Waals surface area contributed by atoms with Crippen molar-refractivity contribution in [3.8, 4) is 12.1 Å². The maximum absolute atomic E-state index is 12.4. The van der Waals surface area contributed by atoms with E-state index >= 15 is 0 Å². The third-order valence-electron chi connectivity index (χ3n) is 4.46. The van der Waals surface area contributed by atoms with Crippen molar-refractivity contribution in [1.82, 2.24) is 20.0 Å². The minimum Gasteiger partial charge on any atom is -0.345 e. The van der Waals surface area contributed by atoms with Crippen molar-refractivity contribution in [2.24, 2.45) is 0 Å². The second-order valence-electron chi connectivity index (χ2n) is 6.51. The van der Waals surface area contributed by atoms with E-state index in [-0.39, 0.29) is 31.3 Å². The zero-order valence-corrected chi connectivity index (χ0v) is 14.8. The molecule has 0 radical (unpaired) electrons. The molecule has 0 aromatic heterocycles. The van der Waals surface area contributed by atoms with Crippen molar-refractivity contribution in [3.63, 3.8) is 0 Å². The quantitative estimate of drug-likeness (QED) is 0.585. The van der Waals surface area contributed by atoms with Crippen LogP contribution in [0.25, 0.3) is 0 Å². The van der Waals surface area contributed by atoms with Gasteiger partial charge in [-0.2, -0.15) is 10.5 Å². The molecule has 1 N–H and O–H groups in total. The number of carbonyl (C=O) groups is 3. The number of hydrogen-bond acceptors (Lipinski definition) is 6. The minimum absolute atomic E-state index is 0.123. The van der Waals surface area contributed by atoms with Gasteiger partial charge in [-0.3, -0.25) is 19.3 Å². The number of carbonyl (C=O) groups excluding carboxylic acids is 3. The van der Waals surface area contributed by atoms with Gasteiger partial charge in [0.25, 0.3) is 0 Å². The Hall–Kier alpha value is -2.65. The van der Waals surface area contributed by atoms with Gasteiger partial charge in [-0.15, -0.1) is 0 Å². The van der Waals surface area contributed by atoms with Crippen molar-refractivity contribution >= 4 is 17.7 Å². The number of nitrogens with one attached hydrogen (secondary N) is 1. The molecule has 2 aliphatic rings. The largest absolute Gasteiger partial charge is 0.345 e. The van der Waals surface area contributed by atoms with Crippen LogP contribution in [-0.4, -0.2) is 84.3 Å². The van der Waals surface area contributed by atoms with Crippen molar-refractivity contribution < 1.29 is 14.4 Å². The molecule has 0 spiro atoms. The summed E-state index contributed by atoms with van der Waals surface area (Å²) in [4.78, 5) is 41.3. The summed E-state index contributed by atoms with van der Waals surface area (Å²) in [6.45, 7) is 2.65. The van der Waals surface area contributed by atoms with Crippen LogP contribution in [-0.2, 0) is 14.4 Å². The molecule has 3 amide bonds. The van der Waals surface area contributed by atoms with Gasteiger partial charge >= 0.3 is 11.8 Å². The Bertz CT molecular complexity index is 593. The van der Waals surface area contributed by atoms with Crippen LogP contribution in [0.1, 0.15) is 25.7 Å². The van der Waals surface area contributed by atoms with E-state index in [0.29, 0.717) is 39.3 Å². The summed E-state index contributed by atoms with van der Waals surface area (Å²) in [5.41, 5.74) is 0. The van der Waals surface area contributed by atoms with Crippen molar-refractivity contribution in [1.29, 1.82) is 10.5 Å². The van der Waals surface area contributed by atoms with Gasteiger partial charge in [0.05, 0.1) is 31.5 Å². The smallest absolute Gasteiger partial charge is 0.311 e. The Labute approximate surface area is 153 Å². The molecule has 9 nitrogen and oxygen atoms in total. The Morgan fingerprint density at radius 2 is 1.58 bits per heavy atom. The zero-order valence-electron chi connectivity index (χ0n) is 14.8. The topological polar surface area (TPSA) is 121 Å². The van der Waals surface area contributed by atoms with Crippen LogP contribution in [0, 0.1) is 22.7 Å². The van der Waals surface area contributed by atoms with Crippen LogP contribution in [0.2, 0.25) is 0 Å². The van der Waals surface area contributed by atoms with Crippen LogP contribution >= 0.6 is 0 Å². The van der Waals surface area contributed by atoms with Gasteiger partial charge in [0.2, 0.25) is 5.91 Å². The van der Waals surface area contributed by atoms with E-state index in [4.69, 9.17) is 10.5 Å². The first-order valence-electron chi connectivity index (χ1n) is 8.89. The highest BCUT2D eigenvalue weighted by molar-refractivity contribution is 6.35. The van der Waals surface area contributed by atoms with Crippen LogP contribution in [0.5, 0.6) is 0 Å². The Balaban J connectivity index is 1.76. The van der Waals surface area contributed by atoms with E-state index in [2.05, 4.69) is 5.32 Å². The molecule has 0 atom stereocenters. The lowest BCUT2D eigenvalue weighted by molar-refractivity contribution is -0.147. The van der Waals surface area contributed by atoms with E-state index in [1.54, 1.807) is 0 Å². The molecule has 9 heteroatoms. The van der Waals surface area contributed by atoms with Crippen LogP contribution in [0.3, 0.4) is 0 Å². The standard InChI is InChI=1S/C17H24N6O3/c18-5-1-7-22(8-2-6-19)15(24)13-21-9-11-23(12-10-21)17(26)16(25)20-14-3-4-14/h14H,1-4,7-13H2,(H,20,25). The molecule has 0 aromatic carbocycles. The predicted octanol–water partition coefficient (Wildman–Crippen LogP) is -0.935. The molecular formula is C17H24N6O3. The first kappa shape index (κ1) is 19.7. The Kier molecular flexibility index (Phi) is 7.37. The Morgan fingerprint density at radius 3 is 2.08 bits per heavy atom. The molecule has 140 valence electrons. The number of nitrogens with zero attached hydrogens (tertiary/aromatic N) is 5. The summed E-state index contributed by atoms with van der Waals surface area (Å²) in [6, 6.07) is 4.17. The van der Waals surface area contributed by atoms with Gasteiger partial charge in [-0.05, 0) is 12.8 Å². The first-order valence-corrected chi connectivity index (χ1v) is 8.89. The molecule has 26 heavy (non-hydrogen) atoms. The molecular weight excluding hydrogens is 336 g/mol. The SMILES string of the molecule is N#CCCN(CCC#N)C(=O)CN1CCN(C(=O)C(=O)NC2CC2)CC1. The first-order chi connectivity index (χ1) is 12.5. The third-order valence-corrected chi connectivity index (χ3v) is 4.46. The van der Waals surface area contributed by atoms with Crippen molar-refractivity contribution in [2.75, 3.05) is 45.8 Å². The second kappa shape index (κ2) is 9.73. The zero-order chi connectivity index (χ0) is 18.9. The maximum atomic E-state index is 12.4. The van der Waals surface area contributed by atoms with E-state index in [9.17, 15) is 14.4 Å². The second-order valence-corrected chi connectivity index (χ2v) is 6.51. The van der Waals surface area contributed by atoms with Crippen LogP contribution < -0.4 is 5.32 Å².